The van der Waals surface area contributed by atoms with E-state index in [1.165, 1.54) is 0 Å². The van der Waals surface area contributed by atoms with Crippen molar-refractivity contribution in [3.63, 3.8) is 0 Å². The Morgan fingerprint density at radius 3 is 3.27 bits per heavy atom. The van der Waals surface area contributed by atoms with Crippen LogP contribution in [0.5, 0.6) is 0 Å². The lowest BCUT2D eigenvalue weighted by Gasteiger charge is -2.11. The summed E-state index contributed by atoms with van der Waals surface area (Å²) in [5, 5.41) is 3.14. The number of anilines is 1. The van der Waals surface area contributed by atoms with Crippen LogP contribution in [0.1, 0.15) is 5.56 Å². The van der Waals surface area contributed by atoms with Crippen molar-refractivity contribution in [2.45, 2.75) is 0 Å². The van der Waals surface area contributed by atoms with Gasteiger partial charge in [-0.05, 0) is 6.07 Å². The van der Waals surface area contributed by atoms with Crippen LogP contribution < -0.4 is 10.9 Å². The summed E-state index contributed by atoms with van der Waals surface area (Å²) >= 11 is 0. The topological polar surface area (TPSA) is 70.1 Å². The largest absolute Gasteiger partial charge is 0.365 e. The number of aromatic amines is 1. The SMILES string of the molecule is O=c1[nH]cc2c(c3ccnc1-3)NCN=C2. The molecule has 0 radical (unpaired) electrons. The number of fused-ring (bicyclic) bond motifs is 3. The van der Waals surface area contributed by atoms with Gasteiger partial charge in [0.2, 0.25) is 0 Å². The molecule has 0 aromatic rings. The van der Waals surface area contributed by atoms with Gasteiger partial charge in [-0.3, -0.25) is 14.8 Å². The first-order chi connectivity index (χ1) is 7.36. The van der Waals surface area contributed by atoms with E-state index in [4.69, 9.17) is 0 Å². The average molecular weight is 200 g/mol. The lowest BCUT2D eigenvalue weighted by molar-refractivity contribution is 1.13. The van der Waals surface area contributed by atoms with Crippen LogP contribution >= 0.6 is 0 Å². The minimum absolute atomic E-state index is 0.181. The molecule has 15 heavy (non-hydrogen) atoms. The third-order valence-corrected chi connectivity index (χ3v) is 2.41. The molecule has 0 atom stereocenters. The molecule has 5 nitrogen and oxygen atoms in total. The molecule has 0 spiro atoms. The Morgan fingerprint density at radius 1 is 1.40 bits per heavy atom. The van der Waals surface area contributed by atoms with Crippen molar-refractivity contribution in [1.82, 2.24) is 9.97 Å². The fourth-order valence-corrected chi connectivity index (χ4v) is 1.72. The fourth-order valence-electron chi connectivity index (χ4n) is 1.72. The van der Waals surface area contributed by atoms with E-state index in [0.717, 1.165) is 16.8 Å². The van der Waals surface area contributed by atoms with Crippen molar-refractivity contribution in [3.8, 4) is 11.3 Å². The number of aromatic nitrogens is 2. The van der Waals surface area contributed by atoms with Gasteiger partial charge in [0, 0.05) is 29.7 Å². The first-order valence-electron chi connectivity index (χ1n) is 4.60. The molecule has 0 amide bonds. The lowest BCUT2D eigenvalue weighted by atomic mass is 10.1. The van der Waals surface area contributed by atoms with Gasteiger partial charge in [-0.2, -0.15) is 0 Å². The zero-order chi connectivity index (χ0) is 10.3. The lowest BCUT2D eigenvalue weighted by Crippen LogP contribution is -2.08. The zero-order valence-electron chi connectivity index (χ0n) is 7.82. The van der Waals surface area contributed by atoms with Crippen LogP contribution in [0.4, 0.5) is 5.69 Å². The van der Waals surface area contributed by atoms with Crippen molar-refractivity contribution in [3.05, 3.63) is 34.4 Å². The standard InChI is InChI=1S/C10H8N4O/c15-10-9-7(1-2-12-9)8-6(4-13-10)3-11-5-14-8/h1-4,14H,5H2,(H,13,15). The second kappa shape index (κ2) is 2.91. The molecule has 5 heteroatoms. The molecular formula is C10H8N4O. The minimum atomic E-state index is -0.181. The van der Waals surface area contributed by atoms with Gasteiger partial charge in [-0.1, -0.05) is 0 Å². The summed E-state index contributed by atoms with van der Waals surface area (Å²) < 4.78 is 0. The van der Waals surface area contributed by atoms with Gasteiger partial charge in [-0.25, -0.2) is 0 Å². The summed E-state index contributed by atoms with van der Waals surface area (Å²) in [6.07, 6.45) is 5.02. The minimum Gasteiger partial charge on any atom is -0.365 e. The number of aliphatic imine (C=N–C) groups is 1. The maximum Gasteiger partial charge on any atom is 0.274 e. The highest BCUT2D eigenvalue weighted by atomic mass is 16.1. The van der Waals surface area contributed by atoms with Gasteiger partial charge in [0.05, 0.1) is 5.69 Å². The van der Waals surface area contributed by atoms with Crippen LogP contribution in [0.2, 0.25) is 0 Å². The molecule has 0 saturated carbocycles. The highest BCUT2D eigenvalue weighted by molar-refractivity contribution is 5.94. The maximum absolute atomic E-state index is 11.6. The van der Waals surface area contributed by atoms with Crippen molar-refractivity contribution in [1.29, 1.82) is 0 Å². The van der Waals surface area contributed by atoms with Crippen LogP contribution in [0, 0.1) is 0 Å². The van der Waals surface area contributed by atoms with Gasteiger partial charge in [-0.15, -0.1) is 0 Å². The van der Waals surface area contributed by atoms with Crippen molar-refractivity contribution >= 4 is 11.9 Å². The molecule has 3 aliphatic rings. The van der Waals surface area contributed by atoms with E-state index in [1.54, 1.807) is 18.6 Å². The Balaban J connectivity index is 2.44. The number of hydrogen-bond donors (Lipinski definition) is 2. The first-order valence-corrected chi connectivity index (χ1v) is 4.60. The molecule has 2 N–H and O–H groups in total. The Morgan fingerprint density at radius 2 is 2.33 bits per heavy atom. The van der Waals surface area contributed by atoms with E-state index in [9.17, 15) is 4.79 Å². The van der Waals surface area contributed by atoms with Gasteiger partial charge in [0.25, 0.3) is 5.56 Å². The Hall–Kier alpha value is -2.17. The number of hydrogen-bond acceptors (Lipinski definition) is 4. The number of nitrogens with one attached hydrogen (secondary N) is 2. The van der Waals surface area contributed by atoms with E-state index in [2.05, 4.69) is 20.3 Å². The number of H-pyrrole nitrogens is 1. The quantitative estimate of drug-likeness (QED) is 0.656. The van der Waals surface area contributed by atoms with Crippen LogP contribution in [0.3, 0.4) is 0 Å². The smallest absolute Gasteiger partial charge is 0.274 e. The highest BCUT2D eigenvalue weighted by Gasteiger charge is 2.15. The third kappa shape index (κ3) is 1.13. The molecule has 0 aromatic heterocycles. The van der Waals surface area contributed by atoms with Crippen LogP contribution in [-0.2, 0) is 0 Å². The maximum atomic E-state index is 11.6. The zero-order valence-corrected chi connectivity index (χ0v) is 7.82. The number of rotatable bonds is 0. The number of nitrogens with zero attached hydrogens (tertiary/aromatic N) is 2. The van der Waals surface area contributed by atoms with E-state index in [-0.39, 0.29) is 5.56 Å². The van der Waals surface area contributed by atoms with Crippen molar-refractivity contribution in [2.75, 3.05) is 12.0 Å². The Bertz CT molecular complexity index is 572. The fraction of sp³-hybridized carbons (Fsp3) is 0.100. The predicted molar refractivity (Wildman–Crippen MR) is 57.6 cm³/mol. The third-order valence-electron chi connectivity index (χ3n) is 2.41. The molecule has 0 unspecified atom stereocenters. The summed E-state index contributed by atoms with van der Waals surface area (Å²) in [5.74, 6) is 0. The second-order valence-electron chi connectivity index (χ2n) is 3.30. The molecular weight excluding hydrogens is 192 g/mol. The van der Waals surface area contributed by atoms with Crippen molar-refractivity contribution < 1.29 is 0 Å². The molecule has 0 bridgehead atoms. The van der Waals surface area contributed by atoms with Crippen LogP contribution in [0.15, 0.2) is 28.2 Å². The molecule has 3 aliphatic heterocycles. The molecule has 0 aliphatic carbocycles. The molecule has 0 aromatic carbocycles. The monoisotopic (exact) mass is 200 g/mol. The van der Waals surface area contributed by atoms with Gasteiger partial charge in [0.1, 0.15) is 12.4 Å². The van der Waals surface area contributed by atoms with Gasteiger partial charge in [0.15, 0.2) is 0 Å². The normalized spacial score (nSPS) is 13.6. The van der Waals surface area contributed by atoms with Crippen molar-refractivity contribution in [2.24, 2.45) is 4.99 Å². The van der Waals surface area contributed by atoms with E-state index >= 15 is 0 Å². The van der Waals surface area contributed by atoms with E-state index < -0.39 is 0 Å². The summed E-state index contributed by atoms with van der Waals surface area (Å²) in [6.45, 7) is 0.533. The van der Waals surface area contributed by atoms with Gasteiger partial charge >= 0.3 is 0 Å². The van der Waals surface area contributed by atoms with Crippen LogP contribution in [0.25, 0.3) is 11.3 Å². The summed E-state index contributed by atoms with van der Waals surface area (Å²) in [4.78, 5) is 22.4. The molecule has 3 heterocycles. The molecule has 3 rings (SSSR count). The first kappa shape index (κ1) is 8.16. The molecule has 74 valence electrons. The average Bonchev–Trinajstić information content (AvgIpc) is 2.71. The molecule has 0 saturated heterocycles. The summed E-state index contributed by atoms with van der Waals surface area (Å²) in [5.41, 5.74) is 2.90. The van der Waals surface area contributed by atoms with Gasteiger partial charge < -0.3 is 10.3 Å². The molecule has 0 fully saturated rings. The highest BCUT2D eigenvalue weighted by Crippen LogP contribution is 2.28. The second-order valence-corrected chi connectivity index (χ2v) is 3.30. The Kier molecular flexibility index (Phi) is 1.58. The Labute approximate surface area is 85.2 Å². The van der Waals surface area contributed by atoms with E-state index in [0.29, 0.717) is 12.4 Å². The predicted octanol–water partition coefficient (Wildman–Crippen LogP) is 0.677. The summed E-state index contributed by atoms with van der Waals surface area (Å²) in [6, 6.07) is 1.83. The van der Waals surface area contributed by atoms with E-state index in [1.807, 2.05) is 6.07 Å². The van der Waals surface area contributed by atoms with Crippen LogP contribution in [-0.4, -0.2) is 22.9 Å². The summed E-state index contributed by atoms with van der Waals surface area (Å²) in [7, 11) is 0.